The number of sulfonamides is 1. The van der Waals surface area contributed by atoms with Crippen molar-refractivity contribution in [1.29, 1.82) is 0 Å². The molecule has 1 saturated heterocycles. The number of hydrogen-bond donors (Lipinski definition) is 1. The second-order valence-electron chi connectivity index (χ2n) is 6.63. The molecule has 1 aliphatic rings. The molecule has 0 radical (unpaired) electrons. The third-order valence-corrected chi connectivity index (χ3v) is 7.84. The zero-order valence-electron chi connectivity index (χ0n) is 15.5. The Kier molecular flexibility index (Phi) is 5.83. The van der Waals surface area contributed by atoms with Gasteiger partial charge >= 0.3 is 0 Å². The molecule has 2 aromatic carbocycles. The first-order valence-electron chi connectivity index (χ1n) is 9.02. The average Bonchev–Trinajstić information content (AvgIpc) is 3.40. The van der Waals surface area contributed by atoms with Gasteiger partial charge in [-0.05, 0) is 61.4 Å². The fraction of sp³-hybridized carbons (Fsp3) is 0.211. The number of rotatable bonds is 5. The van der Waals surface area contributed by atoms with Gasteiger partial charge in [-0.3, -0.25) is 4.79 Å². The highest BCUT2D eigenvalue weighted by atomic mass is 35.5. The van der Waals surface area contributed by atoms with Crippen LogP contribution in [0, 0.1) is 5.82 Å². The Labute approximate surface area is 181 Å². The van der Waals surface area contributed by atoms with Crippen LogP contribution < -0.4 is 5.32 Å². The number of benzene rings is 2. The smallest absolute Gasteiger partial charge is 0.286 e. The topological polar surface area (TPSA) is 92.3 Å². The maximum absolute atomic E-state index is 13.1. The van der Waals surface area contributed by atoms with E-state index in [1.165, 1.54) is 52.8 Å². The molecule has 0 unspecified atom stereocenters. The van der Waals surface area contributed by atoms with Crippen LogP contribution in [0.15, 0.2) is 53.4 Å². The molecule has 1 aromatic heterocycles. The van der Waals surface area contributed by atoms with Gasteiger partial charge in [0.05, 0.1) is 10.9 Å². The van der Waals surface area contributed by atoms with Gasteiger partial charge in [-0.15, -0.1) is 10.2 Å². The zero-order chi connectivity index (χ0) is 21.3. The molecule has 0 bridgehead atoms. The quantitative estimate of drug-likeness (QED) is 0.611. The van der Waals surface area contributed by atoms with Crippen LogP contribution in [-0.2, 0) is 10.0 Å². The Morgan fingerprint density at radius 3 is 2.53 bits per heavy atom. The van der Waals surface area contributed by atoms with Gasteiger partial charge < -0.3 is 5.32 Å². The lowest BCUT2D eigenvalue weighted by Crippen LogP contribution is -2.30. The van der Waals surface area contributed by atoms with Crippen LogP contribution in [0.2, 0.25) is 5.02 Å². The van der Waals surface area contributed by atoms with Crippen molar-refractivity contribution in [2.24, 2.45) is 0 Å². The van der Waals surface area contributed by atoms with Crippen LogP contribution >= 0.6 is 22.9 Å². The van der Waals surface area contributed by atoms with E-state index in [2.05, 4.69) is 15.5 Å². The van der Waals surface area contributed by atoms with Gasteiger partial charge in [0.1, 0.15) is 10.8 Å². The number of hydrogen-bond acceptors (Lipinski definition) is 6. The van der Waals surface area contributed by atoms with E-state index in [4.69, 9.17) is 11.6 Å². The Morgan fingerprint density at radius 1 is 1.13 bits per heavy atom. The van der Waals surface area contributed by atoms with Crippen molar-refractivity contribution in [2.75, 3.05) is 11.9 Å². The summed E-state index contributed by atoms with van der Waals surface area (Å²) >= 11 is 6.91. The molecular formula is C19H16ClFN4O3S2. The normalized spacial score (nSPS) is 17.2. The molecule has 0 spiro atoms. The van der Waals surface area contributed by atoms with Crippen LogP contribution in [0.3, 0.4) is 0 Å². The highest BCUT2D eigenvalue weighted by molar-refractivity contribution is 7.89. The highest BCUT2D eigenvalue weighted by Crippen LogP contribution is 2.38. The fourth-order valence-electron chi connectivity index (χ4n) is 3.20. The molecular weight excluding hydrogens is 451 g/mol. The van der Waals surface area contributed by atoms with Crippen LogP contribution in [0.4, 0.5) is 10.1 Å². The van der Waals surface area contributed by atoms with Gasteiger partial charge in [0.2, 0.25) is 15.0 Å². The monoisotopic (exact) mass is 466 g/mol. The van der Waals surface area contributed by atoms with E-state index in [1.54, 1.807) is 0 Å². The first kappa shape index (κ1) is 20.9. The minimum absolute atomic E-state index is 0.102. The van der Waals surface area contributed by atoms with Crippen molar-refractivity contribution < 1.29 is 17.6 Å². The first-order chi connectivity index (χ1) is 14.3. The summed E-state index contributed by atoms with van der Waals surface area (Å²) < 4.78 is 40.5. The minimum atomic E-state index is -3.74. The first-order valence-corrected chi connectivity index (χ1v) is 11.7. The molecule has 1 fully saturated rings. The zero-order valence-corrected chi connectivity index (χ0v) is 17.8. The van der Waals surface area contributed by atoms with Crippen molar-refractivity contribution in [3.05, 3.63) is 69.4 Å². The van der Waals surface area contributed by atoms with E-state index in [0.717, 1.165) is 11.3 Å². The number of amides is 1. The summed E-state index contributed by atoms with van der Waals surface area (Å²) in [4.78, 5) is 12.6. The summed E-state index contributed by atoms with van der Waals surface area (Å²) in [6.45, 7) is 0.353. The molecule has 1 aliphatic heterocycles. The fourth-order valence-corrected chi connectivity index (χ4v) is 5.93. The van der Waals surface area contributed by atoms with Gasteiger partial charge in [-0.25, -0.2) is 12.8 Å². The number of halogens is 2. The van der Waals surface area contributed by atoms with Crippen molar-refractivity contribution in [2.45, 2.75) is 23.8 Å². The van der Waals surface area contributed by atoms with Gasteiger partial charge in [-0.2, -0.15) is 4.31 Å². The Morgan fingerprint density at radius 2 is 1.83 bits per heavy atom. The van der Waals surface area contributed by atoms with E-state index < -0.39 is 27.8 Å². The predicted octanol–water partition coefficient (Wildman–Crippen LogP) is 4.11. The molecule has 11 heteroatoms. The maximum atomic E-state index is 13.1. The van der Waals surface area contributed by atoms with Gasteiger partial charge in [0.25, 0.3) is 5.91 Å². The highest BCUT2D eigenvalue weighted by Gasteiger charge is 2.38. The SMILES string of the molecule is O=C(Nc1ccc(F)cc1)c1nnc([C@@H]2CCCN2S(=O)(=O)c2ccc(Cl)cc2)s1. The van der Waals surface area contributed by atoms with E-state index in [0.29, 0.717) is 35.1 Å². The Hall–Kier alpha value is -2.40. The van der Waals surface area contributed by atoms with Gasteiger partial charge in [0, 0.05) is 17.3 Å². The number of nitrogens with one attached hydrogen (secondary N) is 1. The summed E-state index contributed by atoms with van der Waals surface area (Å²) in [5, 5.41) is 11.6. The molecule has 0 aliphatic carbocycles. The molecule has 7 nitrogen and oxygen atoms in total. The van der Waals surface area contributed by atoms with E-state index in [9.17, 15) is 17.6 Å². The third kappa shape index (κ3) is 4.22. The second-order valence-corrected chi connectivity index (χ2v) is 9.97. The average molecular weight is 467 g/mol. The molecule has 1 amide bonds. The molecule has 156 valence electrons. The third-order valence-electron chi connectivity index (χ3n) is 4.65. The molecule has 30 heavy (non-hydrogen) atoms. The Bertz CT molecular complexity index is 1170. The summed E-state index contributed by atoms with van der Waals surface area (Å²) in [5.41, 5.74) is 0.422. The van der Waals surface area contributed by atoms with E-state index in [-0.39, 0.29) is 9.90 Å². The van der Waals surface area contributed by atoms with Crippen molar-refractivity contribution in [3.8, 4) is 0 Å². The Balaban J connectivity index is 1.54. The van der Waals surface area contributed by atoms with Crippen LogP contribution in [0.5, 0.6) is 0 Å². The molecule has 2 heterocycles. The van der Waals surface area contributed by atoms with Crippen molar-refractivity contribution in [3.63, 3.8) is 0 Å². The molecule has 1 atom stereocenters. The number of carbonyl (C=O) groups is 1. The van der Waals surface area contributed by atoms with Crippen LogP contribution in [-0.4, -0.2) is 35.4 Å². The number of carbonyl (C=O) groups excluding carboxylic acids is 1. The van der Waals surface area contributed by atoms with E-state index >= 15 is 0 Å². The number of nitrogens with zero attached hydrogens (tertiary/aromatic N) is 3. The lowest BCUT2D eigenvalue weighted by atomic mass is 10.2. The summed E-state index contributed by atoms with van der Waals surface area (Å²) in [5.74, 6) is -0.898. The van der Waals surface area contributed by atoms with Crippen molar-refractivity contribution in [1.82, 2.24) is 14.5 Å². The number of aromatic nitrogens is 2. The summed E-state index contributed by atoms with van der Waals surface area (Å²) in [7, 11) is -3.74. The standard InChI is InChI=1S/C19H16ClFN4O3S2/c20-12-3-9-15(10-4-12)30(27,28)25-11-1-2-16(25)18-23-24-19(29-18)17(26)22-14-7-5-13(21)6-8-14/h3-10,16H,1-2,11H2,(H,22,26)/t16-/m0/s1. The van der Waals surface area contributed by atoms with Crippen LogP contribution in [0.1, 0.15) is 33.7 Å². The minimum Gasteiger partial charge on any atom is -0.320 e. The summed E-state index contributed by atoms with van der Waals surface area (Å²) in [6, 6.07) is 10.8. The van der Waals surface area contributed by atoms with Crippen LogP contribution in [0.25, 0.3) is 0 Å². The molecule has 4 rings (SSSR count). The molecule has 1 N–H and O–H groups in total. The predicted molar refractivity (Wildman–Crippen MR) is 112 cm³/mol. The van der Waals surface area contributed by atoms with E-state index in [1.807, 2.05) is 0 Å². The largest absolute Gasteiger partial charge is 0.320 e. The molecule has 0 saturated carbocycles. The van der Waals surface area contributed by atoms with Crippen molar-refractivity contribution >= 4 is 44.6 Å². The van der Waals surface area contributed by atoms with Gasteiger partial charge in [-0.1, -0.05) is 22.9 Å². The maximum Gasteiger partial charge on any atom is 0.286 e. The molecule has 3 aromatic rings. The number of anilines is 1. The summed E-state index contributed by atoms with van der Waals surface area (Å²) in [6.07, 6.45) is 1.26. The lowest BCUT2D eigenvalue weighted by Gasteiger charge is -2.22. The second kappa shape index (κ2) is 8.38. The lowest BCUT2D eigenvalue weighted by molar-refractivity contribution is 0.102. The van der Waals surface area contributed by atoms with Gasteiger partial charge in [0.15, 0.2) is 0 Å².